The molecule has 0 amide bonds. The average molecular weight is 407 g/mol. The van der Waals surface area contributed by atoms with Crippen LogP contribution in [0.2, 0.25) is 0 Å². The number of hydrogen-bond donors (Lipinski definition) is 0. The highest BCUT2D eigenvalue weighted by molar-refractivity contribution is 7.91. The Balaban J connectivity index is 1.76. The minimum Gasteiger partial charge on any atom is -0.344 e. The van der Waals surface area contributed by atoms with Crippen molar-refractivity contribution in [3.05, 3.63) is 58.7 Å². The molecule has 28 heavy (non-hydrogen) atoms. The first-order valence-corrected chi connectivity index (χ1v) is 11.4. The second kappa shape index (κ2) is 8.17. The van der Waals surface area contributed by atoms with Gasteiger partial charge in [-0.2, -0.15) is 0 Å². The third-order valence-corrected chi connectivity index (χ3v) is 7.22. The second-order valence-corrected chi connectivity index (χ2v) is 9.80. The van der Waals surface area contributed by atoms with Gasteiger partial charge in [-0.05, 0) is 50.6 Å². The Kier molecular flexibility index (Phi) is 6.05. The van der Waals surface area contributed by atoms with Crippen molar-refractivity contribution in [1.29, 1.82) is 0 Å². The lowest BCUT2D eigenvalue weighted by Gasteiger charge is -2.20. The van der Waals surface area contributed by atoms with Crippen molar-refractivity contribution >= 4 is 15.6 Å². The van der Waals surface area contributed by atoms with E-state index in [2.05, 4.69) is 0 Å². The maximum absolute atomic E-state index is 13.4. The predicted molar refractivity (Wildman–Crippen MR) is 108 cm³/mol. The summed E-state index contributed by atoms with van der Waals surface area (Å²) in [6.45, 7) is 7.17. The van der Waals surface area contributed by atoms with Crippen molar-refractivity contribution < 1.29 is 17.6 Å². The van der Waals surface area contributed by atoms with Crippen molar-refractivity contribution in [2.45, 2.75) is 39.8 Å². The molecule has 2 heterocycles. The van der Waals surface area contributed by atoms with Crippen molar-refractivity contribution in [2.24, 2.45) is 0 Å². The molecule has 1 atom stereocenters. The van der Waals surface area contributed by atoms with Crippen LogP contribution >= 0.6 is 0 Å². The zero-order chi connectivity index (χ0) is 20.5. The molecule has 0 spiro atoms. The minimum absolute atomic E-state index is 0.00143. The van der Waals surface area contributed by atoms with Crippen molar-refractivity contribution in [1.82, 2.24) is 9.47 Å². The summed E-state index contributed by atoms with van der Waals surface area (Å²) in [5, 5.41) is 0. The molecular weight excluding hydrogens is 379 g/mol. The number of likely N-dealkylation sites (N-methyl/N-ethyl adjacent to an activating group) is 1. The van der Waals surface area contributed by atoms with Crippen molar-refractivity contribution in [3.8, 4) is 0 Å². The normalized spacial score (nSPS) is 18.7. The first-order valence-electron chi connectivity index (χ1n) is 9.59. The van der Waals surface area contributed by atoms with Gasteiger partial charge in [0.25, 0.3) is 0 Å². The number of Topliss-reactive ketones (excluding diaryl/α,β-unsaturated/α-hetero) is 1. The van der Waals surface area contributed by atoms with E-state index in [1.165, 1.54) is 12.1 Å². The SMILES string of the molecule is CCN(CC(=O)c1cc(C)n(C2CCS(=O)(=O)C2)c1C)Cc1cccc(F)c1. The molecule has 1 aliphatic heterocycles. The fourth-order valence-corrected chi connectivity index (χ4v) is 5.76. The van der Waals surface area contributed by atoms with E-state index in [9.17, 15) is 17.6 Å². The Bertz CT molecular complexity index is 982. The Morgan fingerprint density at radius 2 is 2.04 bits per heavy atom. The monoisotopic (exact) mass is 406 g/mol. The Hall–Kier alpha value is -1.99. The molecule has 3 rings (SSSR count). The zero-order valence-corrected chi connectivity index (χ0v) is 17.4. The van der Waals surface area contributed by atoms with Gasteiger partial charge in [-0.3, -0.25) is 9.69 Å². The van der Waals surface area contributed by atoms with E-state index in [4.69, 9.17) is 0 Å². The van der Waals surface area contributed by atoms with Gasteiger partial charge in [0, 0.05) is 29.5 Å². The van der Waals surface area contributed by atoms with Crippen LogP contribution in [0, 0.1) is 19.7 Å². The quantitative estimate of drug-likeness (QED) is 0.662. The van der Waals surface area contributed by atoms with Crippen molar-refractivity contribution in [3.63, 3.8) is 0 Å². The summed E-state index contributed by atoms with van der Waals surface area (Å²) in [6.07, 6.45) is 0.590. The molecule has 0 saturated carbocycles. The lowest BCUT2D eigenvalue weighted by Crippen LogP contribution is -2.29. The van der Waals surface area contributed by atoms with Crippen LogP contribution in [0.5, 0.6) is 0 Å². The molecule has 5 nitrogen and oxygen atoms in total. The van der Waals surface area contributed by atoms with Gasteiger partial charge in [0.05, 0.1) is 18.1 Å². The van der Waals surface area contributed by atoms with Gasteiger partial charge < -0.3 is 4.57 Å². The molecular formula is C21H27FN2O3S. The highest BCUT2D eigenvalue weighted by Crippen LogP contribution is 2.29. The summed E-state index contributed by atoms with van der Waals surface area (Å²) in [5.41, 5.74) is 3.21. The fourth-order valence-electron chi connectivity index (χ4n) is 4.06. The number of carbonyl (C=O) groups excluding carboxylic acids is 1. The number of rotatable bonds is 7. The third-order valence-electron chi connectivity index (χ3n) is 5.47. The van der Waals surface area contributed by atoms with Crippen LogP contribution < -0.4 is 0 Å². The number of hydrogen-bond acceptors (Lipinski definition) is 4. The molecule has 152 valence electrons. The molecule has 0 bridgehead atoms. The van der Waals surface area contributed by atoms with Crippen LogP contribution in [-0.4, -0.2) is 48.3 Å². The summed E-state index contributed by atoms with van der Waals surface area (Å²) in [4.78, 5) is 14.9. The van der Waals surface area contributed by atoms with E-state index >= 15 is 0 Å². The van der Waals surface area contributed by atoms with E-state index < -0.39 is 9.84 Å². The highest BCUT2D eigenvalue weighted by Gasteiger charge is 2.31. The zero-order valence-electron chi connectivity index (χ0n) is 16.6. The topological polar surface area (TPSA) is 59.4 Å². The van der Waals surface area contributed by atoms with Gasteiger partial charge in [0.1, 0.15) is 5.82 Å². The summed E-state index contributed by atoms with van der Waals surface area (Å²) in [7, 11) is -2.99. The molecule has 1 aromatic carbocycles. The maximum Gasteiger partial charge on any atom is 0.178 e. The van der Waals surface area contributed by atoms with E-state index in [1.54, 1.807) is 6.07 Å². The van der Waals surface area contributed by atoms with E-state index in [-0.39, 0.29) is 35.7 Å². The molecule has 1 saturated heterocycles. The largest absolute Gasteiger partial charge is 0.344 e. The number of benzene rings is 1. The molecule has 0 N–H and O–H groups in total. The molecule has 0 aliphatic carbocycles. The second-order valence-electron chi connectivity index (χ2n) is 7.57. The number of aromatic nitrogens is 1. The van der Waals surface area contributed by atoms with Crippen LogP contribution in [0.15, 0.2) is 30.3 Å². The summed E-state index contributed by atoms with van der Waals surface area (Å²) in [6, 6.07) is 8.18. The molecule has 7 heteroatoms. The first kappa shape index (κ1) is 20.7. The summed E-state index contributed by atoms with van der Waals surface area (Å²) in [5.74, 6) is 0.0563. The van der Waals surface area contributed by atoms with Gasteiger partial charge in [-0.25, -0.2) is 12.8 Å². The van der Waals surface area contributed by atoms with Gasteiger partial charge in [-0.15, -0.1) is 0 Å². The summed E-state index contributed by atoms with van der Waals surface area (Å²) < 4.78 is 39.1. The number of carbonyl (C=O) groups is 1. The molecule has 1 aliphatic rings. The van der Waals surface area contributed by atoms with Gasteiger partial charge in [-0.1, -0.05) is 19.1 Å². The number of sulfone groups is 1. The smallest absolute Gasteiger partial charge is 0.178 e. The average Bonchev–Trinajstić information content (AvgIpc) is 3.12. The molecule has 0 radical (unpaired) electrons. The van der Waals surface area contributed by atoms with Crippen molar-refractivity contribution in [2.75, 3.05) is 24.6 Å². The lowest BCUT2D eigenvalue weighted by molar-refractivity contribution is 0.0928. The molecule has 1 unspecified atom stereocenters. The fraction of sp³-hybridized carbons (Fsp3) is 0.476. The van der Waals surface area contributed by atoms with Crippen LogP contribution in [0.25, 0.3) is 0 Å². The molecule has 1 aromatic heterocycles. The predicted octanol–water partition coefficient (Wildman–Crippen LogP) is 3.31. The lowest BCUT2D eigenvalue weighted by atomic mass is 10.1. The van der Waals surface area contributed by atoms with E-state index in [1.807, 2.05) is 42.4 Å². The Labute approximate surface area is 166 Å². The molecule has 1 fully saturated rings. The number of halogens is 1. The number of ketones is 1. The maximum atomic E-state index is 13.4. The van der Waals surface area contributed by atoms with E-state index in [0.717, 1.165) is 17.0 Å². The summed E-state index contributed by atoms with van der Waals surface area (Å²) >= 11 is 0. The van der Waals surface area contributed by atoms with Gasteiger partial charge >= 0.3 is 0 Å². The first-order chi connectivity index (χ1) is 13.2. The van der Waals surface area contributed by atoms with Crippen LogP contribution in [0.3, 0.4) is 0 Å². The molecule has 2 aromatic rings. The highest BCUT2D eigenvalue weighted by atomic mass is 32.2. The number of nitrogens with zero attached hydrogens (tertiary/aromatic N) is 2. The third kappa shape index (κ3) is 4.52. The van der Waals surface area contributed by atoms with Crippen LogP contribution in [0.1, 0.15) is 46.7 Å². The standard InChI is InChI=1S/C21H27FN2O3S/c1-4-23(12-17-6-5-7-18(22)11-17)13-21(25)20-10-15(2)24(16(20)3)19-8-9-28(26,27)14-19/h5-7,10-11,19H,4,8-9,12-14H2,1-3H3. The minimum atomic E-state index is -2.99. The Morgan fingerprint density at radius 3 is 2.64 bits per heavy atom. The van der Waals surface area contributed by atoms with Crippen LogP contribution in [0.4, 0.5) is 4.39 Å². The Morgan fingerprint density at radius 1 is 1.29 bits per heavy atom. The number of aryl methyl sites for hydroxylation is 1. The van der Waals surface area contributed by atoms with Gasteiger partial charge in [0.2, 0.25) is 0 Å². The van der Waals surface area contributed by atoms with Gasteiger partial charge in [0.15, 0.2) is 15.6 Å². The van der Waals surface area contributed by atoms with E-state index in [0.29, 0.717) is 25.1 Å². The van der Waals surface area contributed by atoms with Crippen LogP contribution in [-0.2, 0) is 16.4 Å².